The molecule has 0 aliphatic carbocycles. The van der Waals surface area contributed by atoms with Crippen LogP contribution in [0, 0.1) is 5.92 Å². The molecule has 1 aromatic heterocycles. The Labute approximate surface area is 178 Å². The van der Waals surface area contributed by atoms with Crippen molar-refractivity contribution in [3.63, 3.8) is 0 Å². The molecule has 150 valence electrons. The zero-order chi connectivity index (χ0) is 18.5. The van der Waals surface area contributed by atoms with Gasteiger partial charge in [-0.2, -0.15) is 0 Å². The van der Waals surface area contributed by atoms with Crippen LogP contribution >= 0.6 is 24.0 Å². The minimum Gasteiger partial charge on any atom is -0.497 e. The number of fused-ring (bicyclic) bond motifs is 1. The number of rotatable bonds is 6. The lowest BCUT2D eigenvalue weighted by Gasteiger charge is -2.31. The molecule has 1 aliphatic heterocycles. The number of likely N-dealkylation sites (tertiary alicyclic amines) is 1. The van der Waals surface area contributed by atoms with Crippen LogP contribution in [0.2, 0.25) is 0 Å². The van der Waals surface area contributed by atoms with E-state index in [4.69, 9.17) is 15.2 Å². The van der Waals surface area contributed by atoms with Gasteiger partial charge in [0.1, 0.15) is 11.5 Å². The molecule has 3 rings (SSSR count). The van der Waals surface area contributed by atoms with E-state index in [1.54, 1.807) is 14.2 Å². The zero-order valence-electron chi connectivity index (χ0n) is 16.5. The number of benzene rings is 1. The fourth-order valence-electron chi connectivity index (χ4n) is 3.46. The molecule has 0 spiro atoms. The van der Waals surface area contributed by atoms with Gasteiger partial charge in [0, 0.05) is 42.8 Å². The van der Waals surface area contributed by atoms with Gasteiger partial charge in [0.15, 0.2) is 5.96 Å². The van der Waals surface area contributed by atoms with Crippen molar-refractivity contribution >= 4 is 40.8 Å². The molecule has 3 N–H and O–H groups in total. The van der Waals surface area contributed by atoms with Gasteiger partial charge < -0.3 is 25.1 Å². The lowest BCUT2D eigenvalue weighted by Crippen LogP contribution is -2.42. The van der Waals surface area contributed by atoms with E-state index in [-0.39, 0.29) is 24.0 Å². The van der Waals surface area contributed by atoms with Crippen molar-refractivity contribution < 1.29 is 9.47 Å². The predicted molar refractivity (Wildman–Crippen MR) is 122 cm³/mol. The first-order valence-corrected chi connectivity index (χ1v) is 9.39. The molecule has 0 atom stereocenters. The summed E-state index contributed by atoms with van der Waals surface area (Å²) in [6.45, 7) is 5.10. The molecule has 1 saturated heterocycles. The fourth-order valence-corrected chi connectivity index (χ4v) is 3.46. The van der Waals surface area contributed by atoms with Crippen molar-refractivity contribution in [3.8, 4) is 11.5 Å². The summed E-state index contributed by atoms with van der Waals surface area (Å²) in [5.74, 6) is 3.11. The lowest BCUT2D eigenvalue weighted by molar-refractivity contribution is 0.277. The number of aliphatic imine (C=N–C) groups is 1. The maximum Gasteiger partial charge on any atom is 0.191 e. The second kappa shape index (κ2) is 10.1. The molecule has 27 heavy (non-hydrogen) atoms. The van der Waals surface area contributed by atoms with Gasteiger partial charge in [0.05, 0.1) is 19.7 Å². The number of nitrogens with zero attached hydrogens (tertiary/aromatic N) is 2. The first-order valence-electron chi connectivity index (χ1n) is 9.39. The minimum atomic E-state index is 0. The van der Waals surface area contributed by atoms with E-state index in [9.17, 15) is 0 Å². The quantitative estimate of drug-likeness (QED) is 0.282. The second-order valence-corrected chi connectivity index (χ2v) is 7.10. The highest BCUT2D eigenvalue weighted by atomic mass is 127. The van der Waals surface area contributed by atoms with Crippen LogP contribution in [0.15, 0.2) is 23.2 Å². The fraction of sp³-hybridized carbons (Fsp3) is 0.550. The van der Waals surface area contributed by atoms with Gasteiger partial charge in [-0.3, -0.25) is 4.99 Å². The van der Waals surface area contributed by atoms with E-state index in [0.717, 1.165) is 60.8 Å². The van der Waals surface area contributed by atoms with Crippen LogP contribution in [-0.2, 0) is 6.42 Å². The van der Waals surface area contributed by atoms with Gasteiger partial charge >= 0.3 is 0 Å². The molecule has 0 saturated carbocycles. The van der Waals surface area contributed by atoms with Crippen molar-refractivity contribution in [2.24, 2.45) is 16.6 Å². The summed E-state index contributed by atoms with van der Waals surface area (Å²) in [6.07, 6.45) is 4.29. The van der Waals surface area contributed by atoms with Gasteiger partial charge in [0.2, 0.25) is 0 Å². The Morgan fingerprint density at radius 1 is 1.22 bits per heavy atom. The third-order valence-corrected chi connectivity index (χ3v) is 5.17. The summed E-state index contributed by atoms with van der Waals surface area (Å²) >= 11 is 0. The van der Waals surface area contributed by atoms with Gasteiger partial charge in [0.25, 0.3) is 0 Å². The van der Waals surface area contributed by atoms with E-state index >= 15 is 0 Å². The Morgan fingerprint density at radius 2 is 1.96 bits per heavy atom. The highest BCUT2D eigenvalue weighted by Gasteiger charge is 2.16. The average Bonchev–Trinajstić information content (AvgIpc) is 3.07. The van der Waals surface area contributed by atoms with Crippen molar-refractivity contribution in [3.05, 3.63) is 23.9 Å². The molecule has 6 nitrogen and oxygen atoms in total. The number of ether oxygens (including phenoxy) is 2. The normalized spacial score (nSPS) is 15.7. The van der Waals surface area contributed by atoms with Crippen LogP contribution in [0.5, 0.6) is 11.5 Å². The van der Waals surface area contributed by atoms with E-state index in [0.29, 0.717) is 5.96 Å². The Hall–Kier alpha value is -1.64. The number of aryl methyl sites for hydroxylation is 1. The Balaban J connectivity index is 0.00000261. The van der Waals surface area contributed by atoms with Crippen LogP contribution < -0.4 is 15.2 Å². The molecule has 2 aromatic rings. The van der Waals surface area contributed by atoms with E-state index in [1.807, 2.05) is 12.1 Å². The Bertz CT molecular complexity index is 767. The van der Waals surface area contributed by atoms with Crippen LogP contribution in [-0.4, -0.2) is 49.7 Å². The van der Waals surface area contributed by atoms with Crippen LogP contribution in [0.25, 0.3) is 10.9 Å². The zero-order valence-corrected chi connectivity index (χ0v) is 18.8. The molecule has 0 amide bonds. The molecule has 1 aliphatic rings. The number of methoxy groups -OCH3 is 2. The number of aromatic amines is 1. The second-order valence-electron chi connectivity index (χ2n) is 7.10. The topological polar surface area (TPSA) is 75.9 Å². The smallest absolute Gasteiger partial charge is 0.191 e. The Morgan fingerprint density at radius 3 is 2.63 bits per heavy atom. The Kier molecular flexibility index (Phi) is 8.07. The van der Waals surface area contributed by atoms with Gasteiger partial charge in [-0.1, -0.05) is 6.92 Å². The first kappa shape index (κ1) is 21.7. The summed E-state index contributed by atoms with van der Waals surface area (Å²) in [4.78, 5) is 10.2. The highest BCUT2D eigenvalue weighted by Crippen LogP contribution is 2.31. The van der Waals surface area contributed by atoms with Crippen LogP contribution in [0.1, 0.15) is 31.9 Å². The molecular formula is C20H31IN4O2. The molecule has 0 bridgehead atoms. The summed E-state index contributed by atoms with van der Waals surface area (Å²) < 4.78 is 10.8. The maximum atomic E-state index is 6.14. The number of guanidine groups is 1. The van der Waals surface area contributed by atoms with Gasteiger partial charge in [-0.15, -0.1) is 24.0 Å². The number of H-pyrrole nitrogens is 1. The number of nitrogens with two attached hydrogens (primary N) is 1. The largest absolute Gasteiger partial charge is 0.497 e. The van der Waals surface area contributed by atoms with Gasteiger partial charge in [-0.05, 0) is 37.7 Å². The number of halogens is 1. The van der Waals surface area contributed by atoms with Gasteiger partial charge in [-0.25, -0.2) is 0 Å². The monoisotopic (exact) mass is 486 g/mol. The van der Waals surface area contributed by atoms with E-state index in [1.165, 1.54) is 18.5 Å². The number of hydrogen-bond donors (Lipinski definition) is 2. The van der Waals surface area contributed by atoms with Crippen molar-refractivity contribution in [2.45, 2.75) is 32.6 Å². The summed E-state index contributed by atoms with van der Waals surface area (Å²) in [5.41, 5.74) is 8.34. The van der Waals surface area contributed by atoms with Crippen molar-refractivity contribution in [1.29, 1.82) is 0 Å². The summed E-state index contributed by atoms with van der Waals surface area (Å²) in [6, 6.07) is 6.05. The number of piperidine rings is 1. The maximum absolute atomic E-state index is 6.14. The summed E-state index contributed by atoms with van der Waals surface area (Å²) in [7, 11) is 3.34. The molecule has 0 unspecified atom stereocenters. The molecule has 2 heterocycles. The molecule has 1 fully saturated rings. The number of hydrogen-bond acceptors (Lipinski definition) is 3. The third kappa shape index (κ3) is 5.43. The van der Waals surface area contributed by atoms with Crippen LogP contribution in [0.3, 0.4) is 0 Å². The SMILES string of the molecule is COc1cc(OC)c2cc(CCCN=C(N)N3CCC(C)CC3)[nH]c2c1.I. The summed E-state index contributed by atoms with van der Waals surface area (Å²) in [5, 5.41) is 1.08. The lowest BCUT2D eigenvalue weighted by atomic mass is 10.00. The highest BCUT2D eigenvalue weighted by molar-refractivity contribution is 14.0. The molecule has 7 heteroatoms. The standard InChI is InChI=1S/C20H30N4O2.HI/c1-14-6-9-24(10-7-14)20(21)22-8-4-5-15-11-17-18(23-15)12-16(25-2)13-19(17)26-3;/h11-14,23H,4-10H2,1-3H3,(H2,21,22);1H. The predicted octanol–water partition coefficient (Wildman–Crippen LogP) is 3.78. The first-order chi connectivity index (χ1) is 12.6. The third-order valence-electron chi connectivity index (χ3n) is 5.17. The van der Waals surface area contributed by atoms with E-state index < -0.39 is 0 Å². The molecule has 0 radical (unpaired) electrons. The van der Waals surface area contributed by atoms with E-state index in [2.05, 4.69) is 27.9 Å². The molecule has 1 aromatic carbocycles. The van der Waals surface area contributed by atoms with Crippen molar-refractivity contribution in [1.82, 2.24) is 9.88 Å². The van der Waals surface area contributed by atoms with Crippen molar-refractivity contribution in [2.75, 3.05) is 33.9 Å². The minimum absolute atomic E-state index is 0. The molecular weight excluding hydrogens is 455 g/mol. The average molecular weight is 486 g/mol. The number of aromatic nitrogens is 1. The van der Waals surface area contributed by atoms with Crippen LogP contribution in [0.4, 0.5) is 0 Å². The number of nitrogens with one attached hydrogen (secondary N) is 1.